The summed E-state index contributed by atoms with van der Waals surface area (Å²) in [7, 11) is 0. The van der Waals surface area contributed by atoms with Crippen molar-refractivity contribution in [2.75, 3.05) is 5.73 Å². The van der Waals surface area contributed by atoms with Crippen molar-refractivity contribution in [2.45, 2.75) is 53.0 Å². The highest BCUT2D eigenvalue weighted by molar-refractivity contribution is 5.97. The first-order valence-corrected chi connectivity index (χ1v) is 6.52. The number of nitrogen functional groups attached to an aromatic ring is 1. The van der Waals surface area contributed by atoms with Crippen LogP contribution < -0.4 is 11.1 Å². The first-order valence-electron chi connectivity index (χ1n) is 6.52. The number of hydrogen-bond donors (Lipinski definition) is 2. The highest BCUT2D eigenvalue weighted by Crippen LogP contribution is 2.20. The van der Waals surface area contributed by atoms with Crippen LogP contribution in [0.4, 0.5) is 5.69 Å². The second-order valence-corrected chi connectivity index (χ2v) is 5.25. The van der Waals surface area contributed by atoms with Crippen LogP contribution in [-0.2, 0) is 0 Å². The quantitative estimate of drug-likeness (QED) is 0.804. The van der Waals surface area contributed by atoms with Gasteiger partial charge < -0.3 is 11.1 Å². The van der Waals surface area contributed by atoms with Crippen molar-refractivity contribution in [2.24, 2.45) is 0 Å². The molecule has 3 nitrogen and oxygen atoms in total. The van der Waals surface area contributed by atoms with Gasteiger partial charge in [0.2, 0.25) is 0 Å². The fraction of sp³-hybridized carbons (Fsp3) is 0.533. The zero-order valence-corrected chi connectivity index (χ0v) is 12.1. The average molecular weight is 248 g/mol. The van der Waals surface area contributed by atoms with Gasteiger partial charge in [0, 0.05) is 16.8 Å². The van der Waals surface area contributed by atoms with Crippen LogP contribution in [-0.4, -0.2) is 11.4 Å². The third kappa shape index (κ3) is 3.03. The fourth-order valence-electron chi connectivity index (χ4n) is 1.88. The van der Waals surface area contributed by atoms with E-state index >= 15 is 0 Å². The molecule has 0 aliphatic rings. The topological polar surface area (TPSA) is 55.1 Å². The summed E-state index contributed by atoms with van der Waals surface area (Å²) in [5.41, 5.74) is 9.04. The monoisotopic (exact) mass is 248 g/mol. The Morgan fingerprint density at radius 1 is 1.22 bits per heavy atom. The van der Waals surface area contributed by atoms with Gasteiger partial charge in [0.1, 0.15) is 0 Å². The van der Waals surface area contributed by atoms with Crippen molar-refractivity contribution < 1.29 is 4.79 Å². The molecule has 1 amide bonds. The molecule has 0 saturated heterocycles. The Kier molecular flexibility index (Phi) is 4.38. The Morgan fingerprint density at radius 2 is 1.78 bits per heavy atom. The molecule has 0 spiro atoms. The van der Waals surface area contributed by atoms with Crippen LogP contribution in [0, 0.1) is 13.8 Å². The summed E-state index contributed by atoms with van der Waals surface area (Å²) >= 11 is 0. The van der Waals surface area contributed by atoms with Crippen LogP contribution in [0.2, 0.25) is 0 Å². The van der Waals surface area contributed by atoms with E-state index in [1.54, 1.807) is 6.07 Å². The van der Waals surface area contributed by atoms with Gasteiger partial charge in [-0.3, -0.25) is 4.79 Å². The lowest BCUT2D eigenvalue weighted by atomic mass is 9.94. The molecular weight excluding hydrogens is 224 g/mol. The van der Waals surface area contributed by atoms with Crippen LogP contribution in [0.5, 0.6) is 0 Å². The van der Waals surface area contributed by atoms with Crippen molar-refractivity contribution in [3.63, 3.8) is 0 Å². The van der Waals surface area contributed by atoms with Gasteiger partial charge in [0.15, 0.2) is 0 Å². The maximum Gasteiger partial charge on any atom is 0.252 e. The predicted molar refractivity (Wildman–Crippen MR) is 76.8 cm³/mol. The minimum absolute atomic E-state index is 0.0367. The SMILES string of the molecule is CCC(C)(CC)NC(=O)c1cc(N)c(C)cc1C. The van der Waals surface area contributed by atoms with E-state index in [4.69, 9.17) is 5.73 Å². The molecule has 18 heavy (non-hydrogen) atoms. The summed E-state index contributed by atoms with van der Waals surface area (Å²) in [6, 6.07) is 3.73. The molecule has 0 aliphatic heterocycles. The van der Waals surface area contributed by atoms with Crippen LogP contribution >= 0.6 is 0 Å². The highest BCUT2D eigenvalue weighted by Gasteiger charge is 2.23. The van der Waals surface area contributed by atoms with Crippen molar-refractivity contribution in [3.05, 3.63) is 28.8 Å². The summed E-state index contributed by atoms with van der Waals surface area (Å²) in [6.45, 7) is 10.1. The van der Waals surface area contributed by atoms with Gasteiger partial charge in [-0.25, -0.2) is 0 Å². The summed E-state index contributed by atoms with van der Waals surface area (Å²) in [5.74, 6) is -0.0367. The highest BCUT2D eigenvalue weighted by atomic mass is 16.1. The molecule has 1 aromatic carbocycles. The summed E-state index contributed by atoms with van der Waals surface area (Å²) in [4.78, 5) is 12.3. The van der Waals surface area contributed by atoms with E-state index < -0.39 is 0 Å². The molecule has 1 aromatic rings. The third-order valence-corrected chi connectivity index (χ3v) is 3.83. The van der Waals surface area contributed by atoms with Crippen molar-refractivity contribution in [3.8, 4) is 0 Å². The van der Waals surface area contributed by atoms with Crippen molar-refractivity contribution in [1.29, 1.82) is 0 Å². The van der Waals surface area contributed by atoms with Gasteiger partial charge in [-0.15, -0.1) is 0 Å². The van der Waals surface area contributed by atoms with Gasteiger partial charge in [0.05, 0.1) is 0 Å². The standard InChI is InChI=1S/C15H24N2O/c1-6-15(5,7-2)17-14(18)12-9-13(16)11(4)8-10(12)3/h8-9H,6-7,16H2,1-5H3,(H,17,18). The van der Waals surface area contributed by atoms with Gasteiger partial charge in [-0.05, 0) is 50.8 Å². The molecule has 0 saturated carbocycles. The molecular formula is C15H24N2O. The number of aryl methyl sites for hydroxylation is 2. The molecule has 100 valence electrons. The average Bonchev–Trinajstić information content (AvgIpc) is 2.33. The van der Waals surface area contributed by atoms with Crippen LogP contribution in [0.3, 0.4) is 0 Å². The Hall–Kier alpha value is -1.51. The fourth-order valence-corrected chi connectivity index (χ4v) is 1.88. The zero-order chi connectivity index (χ0) is 13.9. The van der Waals surface area contributed by atoms with E-state index in [-0.39, 0.29) is 11.4 Å². The van der Waals surface area contributed by atoms with Crippen LogP contribution in [0.25, 0.3) is 0 Å². The molecule has 0 aromatic heterocycles. The van der Waals surface area contributed by atoms with E-state index in [2.05, 4.69) is 26.1 Å². The first-order chi connectivity index (χ1) is 8.33. The number of nitrogens with one attached hydrogen (secondary N) is 1. The Balaban J connectivity index is 3.01. The zero-order valence-electron chi connectivity index (χ0n) is 12.1. The summed E-state index contributed by atoms with van der Waals surface area (Å²) < 4.78 is 0. The third-order valence-electron chi connectivity index (χ3n) is 3.83. The number of nitrogens with two attached hydrogens (primary N) is 1. The predicted octanol–water partition coefficient (Wildman–Crippen LogP) is 3.19. The molecule has 0 unspecified atom stereocenters. The summed E-state index contributed by atoms with van der Waals surface area (Å²) in [5, 5.41) is 3.10. The number of rotatable bonds is 4. The van der Waals surface area contributed by atoms with Crippen molar-refractivity contribution in [1.82, 2.24) is 5.32 Å². The van der Waals surface area contributed by atoms with Gasteiger partial charge >= 0.3 is 0 Å². The molecule has 0 radical (unpaired) electrons. The maximum atomic E-state index is 12.3. The maximum absolute atomic E-state index is 12.3. The molecule has 0 atom stereocenters. The Labute approximate surface area is 110 Å². The Bertz CT molecular complexity index is 448. The van der Waals surface area contributed by atoms with E-state index in [1.165, 1.54) is 0 Å². The summed E-state index contributed by atoms with van der Waals surface area (Å²) in [6.07, 6.45) is 1.82. The second-order valence-electron chi connectivity index (χ2n) is 5.25. The largest absolute Gasteiger partial charge is 0.398 e. The van der Waals surface area contributed by atoms with Crippen LogP contribution in [0.15, 0.2) is 12.1 Å². The van der Waals surface area contributed by atoms with Gasteiger partial charge in [-0.1, -0.05) is 19.9 Å². The van der Waals surface area contributed by atoms with Gasteiger partial charge in [0.25, 0.3) is 5.91 Å². The lowest BCUT2D eigenvalue weighted by Gasteiger charge is -2.28. The number of carbonyl (C=O) groups excluding carboxylic acids is 1. The van der Waals surface area contributed by atoms with Crippen LogP contribution in [0.1, 0.15) is 55.1 Å². The second kappa shape index (κ2) is 5.42. The van der Waals surface area contributed by atoms with E-state index in [0.29, 0.717) is 11.3 Å². The Morgan fingerprint density at radius 3 is 2.28 bits per heavy atom. The first kappa shape index (κ1) is 14.6. The number of anilines is 1. The molecule has 0 bridgehead atoms. The van der Waals surface area contributed by atoms with E-state index in [0.717, 1.165) is 24.0 Å². The number of amides is 1. The molecule has 3 N–H and O–H groups in total. The molecule has 0 heterocycles. The normalized spacial score (nSPS) is 11.4. The van der Waals surface area contributed by atoms with Crippen molar-refractivity contribution >= 4 is 11.6 Å². The minimum Gasteiger partial charge on any atom is -0.398 e. The number of benzene rings is 1. The molecule has 0 aliphatic carbocycles. The van der Waals surface area contributed by atoms with E-state index in [9.17, 15) is 4.79 Å². The number of carbonyl (C=O) groups is 1. The lowest BCUT2D eigenvalue weighted by Crippen LogP contribution is -2.45. The number of hydrogen-bond acceptors (Lipinski definition) is 2. The molecule has 3 heteroatoms. The minimum atomic E-state index is -0.150. The lowest BCUT2D eigenvalue weighted by molar-refractivity contribution is 0.0900. The van der Waals surface area contributed by atoms with E-state index in [1.807, 2.05) is 19.9 Å². The van der Waals surface area contributed by atoms with Gasteiger partial charge in [-0.2, -0.15) is 0 Å². The molecule has 1 rings (SSSR count). The molecule has 0 fully saturated rings. The smallest absolute Gasteiger partial charge is 0.252 e.